The van der Waals surface area contributed by atoms with Crippen molar-refractivity contribution in [1.29, 1.82) is 10.5 Å². The van der Waals surface area contributed by atoms with Crippen molar-refractivity contribution in [2.75, 3.05) is 26.0 Å². The van der Waals surface area contributed by atoms with Gasteiger partial charge in [-0.2, -0.15) is 10.5 Å². The predicted molar refractivity (Wildman–Crippen MR) is 77.0 cm³/mol. The number of nitrogens with two attached hydrogens (primary N) is 1. The highest BCUT2D eigenvalue weighted by Crippen LogP contribution is 2.24. The highest BCUT2D eigenvalue weighted by atomic mass is 32.2. The first kappa shape index (κ1) is 16.8. The minimum absolute atomic E-state index is 0.169. The fraction of sp³-hybridized carbons (Fsp3) is 0.385. The smallest absolute Gasteiger partial charge is 0.289 e. The van der Waals surface area contributed by atoms with Gasteiger partial charge in [0.2, 0.25) is 5.91 Å². The van der Waals surface area contributed by atoms with Crippen molar-refractivity contribution in [3.63, 3.8) is 0 Å². The largest absolute Gasteiger partial charge is 0.383 e. The number of aromatic nitrogens is 1. The Bertz CT molecular complexity index is 606. The quantitative estimate of drug-likeness (QED) is 0.565. The van der Waals surface area contributed by atoms with Crippen molar-refractivity contribution in [2.24, 2.45) is 0 Å². The molecular weight excluding hydrogens is 290 g/mol. The van der Waals surface area contributed by atoms with Gasteiger partial charge in [0.25, 0.3) is 5.82 Å². The van der Waals surface area contributed by atoms with E-state index in [0.29, 0.717) is 18.2 Å². The minimum atomic E-state index is -0.419. The predicted octanol–water partition coefficient (Wildman–Crippen LogP) is 0.0695. The molecule has 0 aliphatic carbocycles. The molecule has 0 fully saturated rings. The van der Waals surface area contributed by atoms with Crippen LogP contribution < -0.4 is 16.0 Å². The molecule has 0 saturated heterocycles. The third kappa shape index (κ3) is 4.63. The molecule has 0 aliphatic heterocycles. The number of nitriles is 2. The topological polar surface area (TPSA) is 126 Å². The van der Waals surface area contributed by atoms with E-state index >= 15 is 0 Å². The molecule has 1 rings (SSSR count). The van der Waals surface area contributed by atoms with E-state index in [-0.39, 0.29) is 22.9 Å². The van der Waals surface area contributed by atoms with Crippen LogP contribution in [-0.4, -0.2) is 31.4 Å². The maximum absolute atomic E-state index is 11.9. The van der Waals surface area contributed by atoms with Crippen molar-refractivity contribution in [1.82, 2.24) is 5.32 Å². The number of carbonyl (C=O) groups is 1. The minimum Gasteiger partial charge on any atom is -0.383 e. The number of nitrogen functional groups attached to an aromatic ring is 1. The van der Waals surface area contributed by atoms with Crippen LogP contribution in [-0.2, 0) is 9.53 Å². The van der Waals surface area contributed by atoms with E-state index in [4.69, 9.17) is 21.0 Å². The highest BCUT2D eigenvalue weighted by Gasteiger charge is 2.20. The summed E-state index contributed by atoms with van der Waals surface area (Å²) in [5.74, 6) is 0.00302. The van der Waals surface area contributed by atoms with Crippen molar-refractivity contribution in [3.8, 4) is 12.1 Å². The summed E-state index contributed by atoms with van der Waals surface area (Å²) in [5.41, 5.74) is 6.17. The Morgan fingerprint density at radius 2 is 2.19 bits per heavy atom. The molecule has 0 aromatic carbocycles. The molecular formula is C13H16N5O2S+. The van der Waals surface area contributed by atoms with Gasteiger partial charge in [0, 0.05) is 13.7 Å². The number of carbonyl (C=O) groups excluding carboxylic acids is 1. The molecule has 1 atom stereocenters. The molecule has 0 radical (unpaired) electrons. The summed E-state index contributed by atoms with van der Waals surface area (Å²) in [6, 6.07) is 5.29. The molecule has 4 N–H and O–H groups in total. The van der Waals surface area contributed by atoms with Crippen LogP contribution in [0, 0.1) is 22.7 Å². The maximum Gasteiger partial charge on any atom is 0.289 e. The van der Waals surface area contributed by atoms with Crippen LogP contribution >= 0.6 is 11.8 Å². The van der Waals surface area contributed by atoms with E-state index in [1.165, 1.54) is 17.8 Å². The number of H-pyrrole nitrogens is 1. The summed E-state index contributed by atoms with van der Waals surface area (Å²) >= 11 is 1.17. The van der Waals surface area contributed by atoms with Crippen LogP contribution in [0.1, 0.15) is 18.1 Å². The summed E-state index contributed by atoms with van der Waals surface area (Å²) in [6.07, 6.45) is 0. The van der Waals surface area contributed by atoms with Crippen molar-refractivity contribution in [3.05, 3.63) is 17.2 Å². The van der Waals surface area contributed by atoms with Gasteiger partial charge in [0.15, 0.2) is 5.03 Å². The van der Waals surface area contributed by atoms with Gasteiger partial charge < -0.3 is 10.1 Å². The number of thioether (sulfide) groups is 1. The van der Waals surface area contributed by atoms with Crippen LogP contribution in [0.5, 0.6) is 0 Å². The van der Waals surface area contributed by atoms with Crippen LogP contribution in [0.4, 0.5) is 5.82 Å². The fourth-order valence-electron chi connectivity index (χ4n) is 1.46. The fourth-order valence-corrected chi connectivity index (χ4v) is 2.41. The van der Waals surface area contributed by atoms with E-state index < -0.39 is 5.25 Å². The molecule has 0 unspecified atom stereocenters. The van der Waals surface area contributed by atoms with E-state index in [0.717, 1.165) is 0 Å². The van der Waals surface area contributed by atoms with Gasteiger partial charge in [-0.3, -0.25) is 10.5 Å². The van der Waals surface area contributed by atoms with Gasteiger partial charge in [-0.15, -0.1) is 0 Å². The van der Waals surface area contributed by atoms with Crippen LogP contribution in [0.2, 0.25) is 0 Å². The Morgan fingerprint density at radius 1 is 1.52 bits per heavy atom. The number of hydrogen-bond donors (Lipinski definition) is 2. The number of pyridine rings is 1. The van der Waals surface area contributed by atoms with Crippen LogP contribution in [0.3, 0.4) is 0 Å². The number of methoxy groups -OCH3 is 1. The Kier molecular flexibility index (Phi) is 6.47. The molecule has 0 spiro atoms. The number of hydrogen-bond acceptors (Lipinski definition) is 6. The summed E-state index contributed by atoms with van der Waals surface area (Å²) in [7, 11) is 1.55. The van der Waals surface area contributed by atoms with Gasteiger partial charge in [0.1, 0.15) is 23.3 Å². The summed E-state index contributed by atoms with van der Waals surface area (Å²) in [5, 5.41) is 20.7. The molecule has 8 heteroatoms. The lowest BCUT2D eigenvalue weighted by molar-refractivity contribution is -0.410. The third-order valence-corrected chi connectivity index (χ3v) is 3.71. The standard InChI is InChI=1S/C13H15N5O2S/c1-8(12(19)17-3-4-20-2)21-13-10(7-15)5-9(6-14)11(16)18-13/h5,8H,3-4H2,1-2H3,(H2,16,18)(H,17,19)/p+1/t8-/m1/s1. The SMILES string of the molecule is COCCNC(=O)[C@@H](C)Sc1[nH+]c(N)c(C#N)cc1C#N. The second-order valence-electron chi connectivity index (χ2n) is 4.11. The monoisotopic (exact) mass is 306 g/mol. The number of nitrogens with one attached hydrogen (secondary N) is 2. The molecule has 1 heterocycles. The first-order valence-corrected chi connectivity index (χ1v) is 7.00. The Balaban J connectivity index is 2.83. The van der Waals surface area contributed by atoms with Gasteiger partial charge >= 0.3 is 0 Å². The number of rotatable bonds is 6. The second kappa shape index (κ2) is 8.10. The molecule has 1 aromatic rings. The molecule has 1 aromatic heterocycles. The zero-order valence-electron chi connectivity index (χ0n) is 11.8. The van der Waals surface area contributed by atoms with E-state index in [1.807, 2.05) is 12.1 Å². The van der Waals surface area contributed by atoms with E-state index in [9.17, 15) is 4.79 Å². The summed E-state index contributed by atoms with van der Waals surface area (Å²) < 4.78 is 4.85. The zero-order valence-corrected chi connectivity index (χ0v) is 12.6. The average Bonchev–Trinajstić information content (AvgIpc) is 2.47. The number of aromatic amines is 1. The number of nitrogens with zero attached hydrogens (tertiary/aromatic N) is 2. The molecule has 0 bridgehead atoms. The van der Waals surface area contributed by atoms with Gasteiger partial charge in [-0.1, -0.05) is 11.8 Å². The number of anilines is 1. The molecule has 7 nitrogen and oxygen atoms in total. The molecule has 0 saturated carbocycles. The number of amides is 1. The van der Waals surface area contributed by atoms with Gasteiger partial charge in [-0.05, 0) is 13.0 Å². The van der Waals surface area contributed by atoms with Crippen molar-refractivity contribution in [2.45, 2.75) is 17.2 Å². The van der Waals surface area contributed by atoms with E-state index in [1.54, 1.807) is 14.0 Å². The Hall–Kier alpha value is -2.29. The highest BCUT2D eigenvalue weighted by molar-refractivity contribution is 8.00. The lowest BCUT2D eigenvalue weighted by Crippen LogP contribution is -2.34. The zero-order chi connectivity index (χ0) is 15.8. The Labute approximate surface area is 127 Å². The molecule has 110 valence electrons. The summed E-state index contributed by atoms with van der Waals surface area (Å²) in [4.78, 5) is 14.7. The first-order valence-electron chi connectivity index (χ1n) is 6.12. The van der Waals surface area contributed by atoms with Gasteiger partial charge in [-0.25, -0.2) is 4.98 Å². The van der Waals surface area contributed by atoms with Gasteiger partial charge in [0.05, 0.1) is 11.9 Å². The summed E-state index contributed by atoms with van der Waals surface area (Å²) in [6.45, 7) is 2.57. The normalized spacial score (nSPS) is 11.2. The van der Waals surface area contributed by atoms with Crippen molar-refractivity contribution < 1.29 is 14.5 Å². The lowest BCUT2D eigenvalue weighted by Gasteiger charge is -2.11. The second-order valence-corrected chi connectivity index (χ2v) is 5.46. The Morgan fingerprint density at radius 3 is 2.76 bits per heavy atom. The number of ether oxygens (including phenoxy) is 1. The van der Waals surface area contributed by atoms with E-state index in [2.05, 4.69) is 10.3 Å². The van der Waals surface area contributed by atoms with Crippen molar-refractivity contribution >= 4 is 23.5 Å². The molecule has 21 heavy (non-hydrogen) atoms. The lowest BCUT2D eigenvalue weighted by atomic mass is 10.2. The van der Waals surface area contributed by atoms with Crippen LogP contribution in [0.25, 0.3) is 0 Å². The average molecular weight is 306 g/mol. The third-order valence-electron chi connectivity index (χ3n) is 2.58. The maximum atomic E-state index is 11.9. The first-order chi connectivity index (χ1) is 10.0. The molecule has 1 amide bonds. The van der Waals surface area contributed by atoms with Crippen LogP contribution in [0.15, 0.2) is 11.1 Å². The molecule has 0 aliphatic rings.